The highest BCUT2D eigenvalue weighted by atomic mass is 79.9. The van der Waals surface area contributed by atoms with Gasteiger partial charge in [0.05, 0.1) is 10.4 Å². The number of rotatable bonds is 7. The molecule has 0 fully saturated rings. The number of carbonyl (C=O) groups is 1. The fourth-order valence-corrected chi connectivity index (χ4v) is 3.15. The molecule has 0 aliphatic rings. The first-order valence-electron chi connectivity index (χ1n) is 6.20. The number of carboxylic acids is 1. The highest BCUT2D eigenvalue weighted by Crippen LogP contribution is 2.30. The average molecular weight is 396 g/mol. The Kier molecular flexibility index (Phi) is 7.00. The smallest absolute Gasteiger partial charge is 0.311 e. The van der Waals surface area contributed by atoms with Crippen molar-refractivity contribution in [1.82, 2.24) is 0 Å². The minimum atomic E-state index is -0.969. The third-order valence-corrected chi connectivity index (χ3v) is 4.28. The van der Waals surface area contributed by atoms with E-state index in [2.05, 4.69) is 38.8 Å². The summed E-state index contributed by atoms with van der Waals surface area (Å²) in [5.41, 5.74) is 0.257. The normalized spacial score (nSPS) is 14.1. The van der Waals surface area contributed by atoms with Gasteiger partial charge in [0.2, 0.25) is 0 Å². The summed E-state index contributed by atoms with van der Waals surface area (Å²) in [6, 6.07) is 4.79. The zero-order chi connectivity index (χ0) is 14.4. The predicted octanol–water partition coefficient (Wildman–Crippen LogP) is 4.96. The van der Waals surface area contributed by atoms with E-state index in [0.717, 1.165) is 18.2 Å². The van der Waals surface area contributed by atoms with Crippen molar-refractivity contribution < 1.29 is 14.3 Å². The van der Waals surface area contributed by atoms with E-state index in [-0.39, 0.29) is 5.56 Å². The summed E-state index contributed by atoms with van der Waals surface area (Å²) < 4.78 is 14.3. The first-order chi connectivity index (χ1) is 8.97. The fourth-order valence-electron chi connectivity index (χ4n) is 1.98. The summed E-state index contributed by atoms with van der Waals surface area (Å²) in [6.45, 7) is 2.08. The lowest BCUT2D eigenvalue weighted by molar-refractivity contribution is -0.139. The molecular formula is C14H17Br2FO2. The van der Waals surface area contributed by atoms with Gasteiger partial charge in [-0.15, -0.1) is 0 Å². The third-order valence-electron chi connectivity index (χ3n) is 3.21. The predicted molar refractivity (Wildman–Crippen MR) is 81.3 cm³/mol. The van der Waals surface area contributed by atoms with E-state index in [1.165, 1.54) is 0 Å². The summed E-state index contributed by atoms with van der Waals surface area (Å²) in [5.74, 6) is -1.79. The Morgan fingerprint density at radius 2 is 2.05 bits per heavy atom. The van der Waals surface area contributed by atoms with Gasteiger partial charge in [-0.05, 0) is 47.2 Å². The Hall–Kier alpha value is -0.420. The molecule has 0 amide bonds. The SMILES string of the molecule is CC(CCBr)CCC(C(=O)O)c1cccc(Br)c1F. The quantitative estimate of drug-likeness (QED) is 0.662. The van der Waals surface area contributed by atoms with Crippen molar-refractivity contribution in [3.63, 3.8) is 0 Å². The number of carboxylic acid groups (broad SMARTS) is 1. The molecule has 2 atom stereocenters. The van der Waals surface area contributed by atoms with Gasteiger partial charge in [0.1, 0.15) is 5.82 Å². The minimum absolute atomic E-state index is 0.257. The molecule has 1 aromatic rings. The van der Waals surface area contributed by atoms with Crippen LogP contribution >= 0.6 is 31.9 Å². The molecule has 0 spiro atoms. The van der Waals surface area contributed by atoms with Gasteiger partial charge in [0, 0.05) is 10.9 Å². The van der Waals surface area contributed by atoms with Crippen LogP contribution in [0.3, 0.4) is 0 Å². The Balaban J connectivity index is 2.83. The Morgan fingerprint density at radius 3 is 2.63 bits per heavy atom. The van der Waals surface area contributed by atoms with Gasteiger partial charge < -0.3 is 5.11 Å². The molecule has 0 aliphatic carbocycles. The summed E-state index contributed by atoms with van der Waals surface area (Å²) in [7, 11) is 0. The lowest BCUT2D eigenvalue weighted by Gasteiger charge is -2.16. The number of halogens is 3. The van der Waals surface area contributed by atoms with Gasteiger partial charge in [0.15, 0.2) is 0 Å². The molecule has 0 saturated carbocycles. The van der Waals surface area contributed by atoms with Gasteiger partial charge in [-0.2, -0.15) is 0 Å². The minimum Gasteiger partial charge on any atom is -0.481 e. The van der Waals surface area contributed by atoms with E-state index >= 15 is 0 Å². The molecule has 1 rings (SSSR count). The molecule has 0 aromatic heterocycles. The van der Waals surface area contributed by atoms with Crippen molar-refractivity contribution in [2.45, 2.75) is 32.1 Å². The number of alkyl halides is 1. The van der Waals surface area contributed by atoms with E-state index in [1.54, 1.807) is 18.2 Å². The number of hydrogen-bond acceptors (Lipinski definition) is 1. The zero-order valence-electron chi connectivity index (χ0n) is 10.7. The lowest BCUT2D eigenvalue weighted by atomic mass is 9.90. The molecular weight excluding hydrogens is 379 g/mol. The van der Waals surface area contributed by atoms with Crippen molar-refractivity contribution >= 4 is 37.8 Å². The summed E-state index contributed by atoms with van der Waals surface area (Å²) in [6.07, 6.45) is 2.22. The van der Waals surface area contributed by atoms with Crippen molar-refractivity contribution in [3.05, 3.63) is 34.1 Å². The van der Waals surface area contributed by atoms with Gasteiger partial charge >= 0.3 is 5.97 Å². The van der Waals surface area contributed by atoms with Crippen LogP contribution in [0.2, 0.25) is 0 Å². The number of benzene rings is 1. The molecule has 0 saturated heterocycles. The van der Waals surface area contributed by atoms with Gasteiger partial charge in [0.25, 0.3) is 0 Å². The van der Waals surface area contributed by atoms with Crippen molar-refractivity contribution in [3.8, 4) is 0 Å². The molecule has 1 aromatic carbocycles. The second-order valence-electron chi connectivity index (χ2n) is 4.69. The van der Waals surface area contributed by atoms with E-state index in [9.17, 15) is 14.3 Å². The second kappa shape index (κ2) is 8.00. The van der Waals surface area contributed by atoms with Crippen molar-refractivity contribution in [2.75, 3.05) is 5.33 Å². The van der Waals surface area contributed by atoms with Crippen molar-refractivity contribution in [1.29, 1.82) is 0 Å². The monoisotopic (exact) mass is 394 g/mol. The molecule has 5 heteroatoms. The maximum atomic E-state index is 14.0. The summed E-state index contributed by atoms with van der Waals surface area (Å²) in [5, 5.41) is 10.2. The van der Waals surface area contributed by atoms with E-state index in [0.29, 0.717) is 16.8 Å². The average Bonchev–Trinajstić information content (AvgIpc) is 2.34. The van der Waals surface area contributed by atoms with E-state index in [1.807, 2.05) is 0 Å². The van der Waals surface area contributed by atoms with Gasteiger partial charge in [-0.25, -0.2) is 4.39 Å². The Bertz CT molecular complexity index is 437. The van der Waals surface area contributed by atoms with Crippen LogP contribution in [0.1, 0.15) is 37.7 Å². The molecule has 0 heterocycles. The van der Waals surface area contributed by atoms with Crippen LogP contribution in [0, 0.1) is 11.7 Å². The molecule has 0 bridgehead atoms. The zero-order valence-corrected chi connectivity index (χ0v) is 13.9. The van der Waals surface area contributed by atoms with Crippen molar-refractivity contribution in [2.24, 2.45) is 5.92 Å². The maximum absolute atomic E-state index is 14.0. The fraction of sp³-hybridized carbons (Fsp3) is 0.500. The first-order valence-corrected chi connectivity index (χ1v) is 8.11. The van der Waals surface area contributed by atoms with Crippen LogP contribution in [-0.4, -0.2) is 16.4 Å². The maximum Gasteiger partial charge on any atom is 0.311 e. The molecule has 2 unspecified atom stereocenters. The Morgan fingerprint density at radius 1 is 1.37 bits per heavy atom. The van der Waals surface area contributed by atoms with Crippen LogP contribution in [0.15, 0.2) is 22.7 Å². The van der Waals surface area contributed by atoms with E-state index < -0.39 is 17.7 Å². The summed E-state index contributed by atoms with van der Waals surface area (Å²) >= 11 is 6.46. The number of hydrogen-bond donors (Lipinski definition) is 1. The largest absolute Gasteiger partial charge is 0.481 e. The molecule has 0 aliphatic heterocycles. The standard InChI is InChI=1S/C14H17Br2FO2/c1-9(7-8-15)5-6-11(14(18)19)10-3-2-4-12(16)13(10)17/h2-4,9,11H,5-8H2,1H3,(H,18,19). The molecule has 106 valence electrons. The van der Waals surface area contributed by atoms with Crippen LogP contribution in [-0.2, 0) is 4.79 Å². The van der Waals surface area contributed by atoms with Gasteiger partial charge in [-0.1, -0.05) is 35.0 Å². The topological polar surface area (TPSA) is 37.3 Å². The molecule has 0 radical (unpaired) electrons. The second-order valence-corrected chi connectivity index (χ2v) is 6.34. The Labute approximate surface area is 129 Å². The van der Waals surface area contributed by atoms with Crippen LogP contribution in [0.25, 0.3) is 0 Å². The third kappa shape index (κ3) is 4.88. The molecule has 2 nitrogen and oxygen atoms in total. The summed E-state index contributed by atoms with van der Waals surface area (Å²) in [4.78, 5) is 11.3. The first kappa shape index (κ1) is 16.6. The molecule has 19 heavy (non-hydrogen) atoms. The highest BCUT2D eigenvalue weighted by molar-refractivity contribution is 9.10. The van der Waals surface area contributed by atoms with E-state index in [4.69, 9.17) is 0 Å². The highest BCUT2D eigenvalue weighted by Gasteiger charge is 2.24. The molecule has 1 N–H and O–H groups in total. The van der Waals surface area contributed by atoms with Crippen LogP contribution < -0.4 is 0 Å². The van der Waals surface area contributed by atoms with Crippen LogP contribution in [0.4, 0.5) is 4.39 Å². The van der Waals surface area contributed by atoms with Crippen LogP contribution in [0.5, 0.6) is 0 Å². The number of aliphatic carboxylic acids is 1. The lowest BCUT2D eigenvalue weighted by Crippen LogP contribution is -2.15. The van der Waals surface area contributed by atoms with Gasteiger partial charge in [-0.3, -0.25) is 4.79 Å².